The van der Waals surface area contributed by atoms with Gasteiger partial charge in [-0.1, -0.05) is 17.3 Å². The van der Waals surface area contributed by atoms with Crippen molar-refractivity contribution in [2.45, 2.75) is 13.5 Å². The highest BCUT2D eigenvalue weighted by Gasteiger charge is 2.15. The van der Waals surface area contributed by atoms with Crippen LogP contribution in [0.2, 0.25) is 0 Å². The van der Waals surface area contributed by atoms with Crippen molar-refractivity contribution in [1.82, 2.24) is 0 Å². The molecule has 0 spiro atoms. The molecule has 0 bridgehead atoms. The van der Waals surface area contributed by atoms with Crippen LogP contribution < -0.4 is 0 Å². The van der Waals surface area contributed by atoms with Gasteiger partial charge in [0.2, 0.25) is 0 Å². The molecule has 0 fully saturated rings. The van der Waals surface area contributed by atoms with E-state index in [9.17, 15) is 9.18 Å². The fourth-order valence-corrected chi connectivity index (χ4v) is 1.71. The molecule has 0 atom stereocenters. The number of benzene rings is 1. The predicted molar refractivity (Wildman–Crippen MR) is 73.6 cm³/mol. The van der Waals surface area contributed by atoms with Crippen molar-refractivity contribution >= 4 is 12.2 Å². The average molecular weight is 291 g/mol. The molecular weight excluding hydrogens is 277 g/mol. The molecule has 1 heterocycles. The summed E-state index contributed by atoms with van der Waals surface area (Å²) in [6, 6.07) is 7.49. The van der Waals surface area contributed by atoms with Gasteiger partial charge in [-0.25, -0.2) is 9.18 Å². The summed E-state index contributed by atoms with van der Waals surface area (Å²) in [6.45, 7) is 1.72. The summed E-state index contributed by atoms with van der Waals surface area (Å²) in [5.74, 6) is 0.0907. The van der Waals surface area contributed by atoms with E-state index in [1.165, 1.54) is 25.5 Å². The zero-order chi connectivity index (χ0) is 15.2. The van der Waals surface area contributed by atoms with E-state index < -0.39 is 5.97 Å². The maximum atomic E-state index is 12.9. The van der Waals surface area contributed by atoms with Crippen molar-refractivity contribution in [2.75, 3.05) is 7.11 Å². The summed E-state index contributed by atoms with van der Waals surface area (Å²) >= 11 is 0. The zero-order valence-corrected chi connectivity index (χ0v) is 11.6. The van der Waals surface area contributed by atoms with Gasteiger partial charge in [0.15, 0.2) is 6.61 Å². The smallest absolute Gasteiger partial charge is 0.341 e. The Kier molecular flexibility index (Phi) is 4.71. The molecule has 0 saturated carbocycles. The lowest BCUT2D eigenvalue weighted by Gasteiger charge is -1.95. The lowest BCUT2D eigenvalue weighted by Crippen LogP contribution is -2.00. The Hall–Kier alpha value is -2.63. The van der Waals surface area contributed by atoms with Crippen LogP contribution in [0.5, 0.6) is 0 Å². The van der Waals surface area contributed by atoms with E-state index in [0.717, 1.165) is 0 Å². The molecule has 1 aromatic heterocycles. The first-order chi connectivity index (χ1) is 10.1. The number of hydrogen-bond acceptors (Lipinski definition) is 5. The highest BCUT2D eigenvalue weighted by atomic mass is 19.1. The first-order valence-electron chi connectivity index (χ1n) is 6.18. The number of ether oxygens (including phenoxy) is 1. The van der Waals surface area contributed by atoms with Gasteiger partial charge < -0.3 is 14.0 Å². The summed E-state index contributed by atoms with van der Waals surface area (Å²) in [6.07, 6.45) is 1.39. The molecule has 0 unspecified atom stereocenters. The second-order valence-electron chi connectivity index (χ2n) is 4.24. The third-order valence-electron chi connectivity index (χ3n) is 2.71. The van der Waals surface area contributed by atoms with Crippen LogP contribution in [-0.2, 0) is 16.2 Å². The second kappa shape index (κ2) is 6.69. The number of aryl methyl sites for hydroxylation is 1. The minimum absolute atomic E-state index is 0.0592. The Bertz CT molecular complexity index is 663. The maximum absolute atomic E-state index is 12.9. The van der Waals surface area contributed by atoms with Crippen LogP contribution in [0.15, 0.2) is 39.9 Å². The van der Waals surface area contributed by atoms with Crippen molar-refractivity contribution < 1.29 is 23.2 Å². The van der Waals surface area contributed by atoms with Gasteiger partial charge >= 0.3 is 5.97 Å². The normalized spacial score (nSPS) is 10.8. The van der Waals surface area contributed by atoms with Gasteiger partial charge in [0, 0.05) is 0 Å². The van der Waals surface area contributed by atoms with Crippen LogP contribution >= 0.6 is 0 Å². The molecule has 2 aromatic rings. The van der Waals surface area contributed by atoms with E-state index in [1.807, 2.05) is 0 Å². The molecule has 0 aliphatic rings. The Morgan fingerprint density at radius 3 is 2.95 bits per heavy atom. The maximum Gasteiger partial charge on any atom is 0.341 e. The Labute approximate surface area is 121 Å². The van der Waals surface area contributed by atoms with E-state index >= 15 is 0 Å². The number of methoxy groups -OCH3 is 1. The number of halogens is 1. The third kappa shape index (κ3) is 3.92. The van der Waals surface area contributed by atoms with E-state index in [2.05, 4.69) is 9.89 Å². The Morgan fingerprint density at radius 1 is 1.43 bits per heavy atom. The summed E-state index contributed by atoms with van der Waals surface area (Å²) in [5.41, 5.74) is 0.936. The molecule has 2 rings (SSSR count). The van der Waals surface area contributed by atoms with Gasteiger partial charge in [-0.3, -0.25) is 0 Å². The third-order valence-corrected chi connectivity index (χ3v) is 2.71. The highest BCUT2D eigenvalue weighted by molar-refractivity contribution is 5.90. The molecule has 21 heavy (non-hydrogen) atoms. The topological polar surface area (TPSA) is 61.0 Å². The fourth-order valence-electron chi connectivity index (χ4n) is 1.71. The van der Waals surface area contributed by atoms with Crippen LogP contribution in [0.4, 0.5) is 4.39 Å². The number of oxime groups is 1. The number of furan rings is 1. The van der Waals surface area contributed by atoms with Crippen LogP contribution in [0, 0.1) is 12.7 Å². The minimum Gasteiger partial charge on any atom is -0.465 e. The predicted octanol–water partition coefficient (Wildman–Crippen LogP) is 3.06. The first kappa shape index (κ1) is 14.8. The summed E-state index contributed by atoms with van der Waals surface area (Å²) in [4.78, 5) is 16.5. The van der Waals surface area contributed by atoms with Crippen molar-refractivity contribution in [2.24, 2.45) is 5.16 Å². The number of carbonyl (C=O) groups is 1. The van der Waals surface area contributed by atoms with E-state index in [-0.39, 0.29) is 12.4 Å². The van der Waals surface area contributed by atoms with Gasteiger partial charge in [-0.15, -0.1) is 0 Å². The van der Waals surface area contributed by atoms with Gasteiger partial charge in [-0.2, -0.15) is 0 Å². The lowest BCUT2D eigenvalue weighted by atomic mass is 10.2. The number of carbonyl (C=O) groups excluding carboxylic acids is 1. The number of hydrogen-bond donors (Lipinski definition) is 0. The Morgan fingerprint density at radius 2 is 2.24 bits per heavy atom. The number of nitrogens with zero attached hydrogens (tertiary/aromatic N) is 1. The van der Waals surface area contributed by atoms with Crippen LogP contribution in [0.3, 0.4) is 0 Å². The molecule has 110 valence electrons. The fraction of sp³-hybridized carbons (Fsp3) is 0.200. The standard InChI is InChI=1S/C15H14FNO4/c1-10-14(15(18)19-2)7-13(21-10)9-20-17-8-11-4-3-5-12(16)6-11/h3-8H,9H2,1-2H3/b17-8-. The lowest BCUT2D eigenvalue weighted by molar-refractivity contribution is 0.0599. The molecule has 0 saturated heterocycles. The zero-order valence-electron chi connectivity index (χ0n) is 11.6. The van der Waals surface area contributed by atoms with Gasteiger partial charge in [0.1, 0.15) is 22.9 Å². The molecule has 0 radical (unpaired) electrons. The van der Waals surface area contributed by atoms with Crippen LogP contribution in [-0.4, -0.2) is 19.3 Å². The molecule has 0 aliphatic carbocycles. The van der Waals surface area contributed by atoms with Crippen molar-refractivity contribution in [3.05, 3.63) is 58.8 Å². The molecule has 5 nitrogen and oxygen atoms in total. The molecular formula is C15H14FNO4. The van der Waals surface area contributed by atoms with Crippen molar-refractivity contribution in [3.63, 3.8) is 0 Å². The summed E-state index contributed by atoms with van der Waals surface area (Å²) < 4.78 is 22.9. The molecule has 0 amide bonds. The minimum atomic E-state index is -0.467. The molecule has 0 aliphatic heterocycles. The molecule has 0 N–H and O–H groups in total. The van der Waals surface area contributed by atoms with Crippen molar-refractivity contribution in [1.29, 1.82) is 0 Å². The Balaban J connectivity index is 1.93. The number of rotatable bonds is 5. The van der Waals surface area contributed by atoms with E-state index in [4.69, 9.17) is 9.25 Å². The van der Waals surface area contributed by atoms with Gasteiger partial charge in [-0.05, 0) is 30.7 Å². The van der Waals surface area contributed by atoms with E-state index in [0.29, 0.717) is 22.6 Å². The monoisotopic (exact) mass is 291 g/mol. The van der Waals surface area contributed by atoms with Gasteiger partial charge in [0.25, 0.3) is 0 Å². The van der Waals surface area contributed by atoms with E-state index in [1.54, 1.807) is 25.1 Å². The van der Waals surface area contributed by atoms with Crippen LogP contribution in [0.1, 0.15) is 27.4 Å². The quantitative estimate of drug-likeness (QED) is 0.482. The molecule has 6 heteroatoms. The van der Waals surface area contributed by atoms with Gasteiger partial charge in [0.05, 0.1) is 13.3 Å². The summed E-state index contributed by atoms with van der Waals surface area (Å²) in [7, 11) is 1.30. The largest absolute Gasteiger partial charge is 0.465 e. The van der Waals surface area contributed by atoms with Crippen LogP contribution in [0.25, 0.3) is 0 Å². The average Bonchev–Trinajstić information content (AvgIpc) is 2.84. The highest BCUT2D eigenvalue weighted by Crippen LogP contribution is 2.16. The molecule has 1 aromatic carbocycles. The van der Waals surface area contributed by atoms with Crippen molar-refractivity contribution in [3.8, 4) is 0 Å². The SMILES string of the molecule is COC(=O)c1cc(CO/N=C\c2cccc(F)c2)oc1C. The number of esters is 1. The first-order valence-corrected chi connectivity index (χ1v) is 6.18. The second-order valence-corrected chi connectivity index (χ2v) is 4.24. The summed E-state index contributed by atoms with van der Waals surface area (Å²) in [5, 5.41) is 3.71.